The molecule has 140 valence electrons. The number of rotatable bonds is 5. The Morgan fingerprint density at radius 1 is 1.27 bits per heavy atom. The summed E-state index contributed by atoms with van der Waals surface area (Å²) < 4.78 is 29.5. The maximum Gasteiger partial charge on any atom is 0.276 e. The fourth-order valence-corrected chi connectivity index (χ4v) is 4.60. The minimum atomic E-state index is -3.25. The Labute approximate surface area is 154 Å². The summed E-state index contributed by atoms with van der Waals surface area (Å²) in [6.07, 6.45) is 3.73. The number of carbonyl (C=O) groups excluding carboxylic acids is 1. The van der Waals surface area contributed by atoms with Gasteiger partial charge in [-0.25, -0.2) is 8.42 Å². The molecule has 1 unspecified atom stereocenters. The SMILES string of the molecule is CCCS(=O)(=O)c1ccc(-c2cc(C(=O)N3CCCCC3C)no2)cc1. The number of nitrogens with zero attached hydrogens (tertiary/aromatic N) is 2. The molecule has 0 bridgehead atoms. The first-order valence-electron chi connectivity index (χ1n) is 9.03. The summed E-state index contributed by atoms with van der Waals surface area (Å²) >= 11 is 0. The number of aromatic nitrogens is 1. The summed E-state index contributed by atoms with van der Waals surface area (Å²) in [6.45, 7) is 4.63. The Morgan fingerprint density at radius 3 is 2.65 bits per heavy atom. The fraction of sp³-hybridized carbons (Fsp3) is 0.474. The Hall–Kier alpha value is -2.15. The zero-order valence-electron chi connectivity index (χ0n) is 15.1. The Morgan fingerprint density at radius 2 is 2.00 bits per heavy atom. The summed E-state index contributed by atoms with van der Waals surface area (Å²) in [6, 6.07) is 8.33. The number of likely N-dealkylation sites (tertiary alicyclic amines) is 1. The van der Waals surface area contributed by atoms with Gasteiger partial charge in [0.1, 0.15) is 0 Å². The van der Waals surface area contributed by atoms with Crippen molar-refractivity contribution in [3.63, 3.8) is 0 Å². The summed E-state index contributed by atoms with van der Waals surface area (Å²) in [5.41, 5.74) is 0.982. The van der Waals surface area contributed by atoms with Crippen LogP contribution in [0, 0.1) is 0 Å². The molecule has 1 aromatic carbocycles. The van der Waals surface area contributed by atoms with Gasteiger partial charge in [0, 0.05) is 24.2 Å². The van der Waals surface area contributed by atoms with E-state index in [1.807, 2.05) is 18.7 Å². The predicted molar refractivity (Wildman–Crippen MR) is 98.6 cm³/mol. The van der Waals surface area contributed by atoms with Crippen LogP contribution in [0.4, 0.5) is 0 Å². The molecule has 1 fully saturated rings. The number of benzene rings is 1. The standard InChI is InChI=1S/C19H24N2O4S/c1-3-12-26(23,24)16-9-7-15(8-10-16)18-13-17(20-25-18)19(22)21-11-5-4-6-14(21)2/h7-10,13-14H,3-6,11-12H2,1-2H3. The zero-order valence-corrected chi connectivity index (χ0v) is 16.0. The van der Waals surface area contributed by atoms with E-state index in [-0.39, 0.29) is 23.4 Å². The molecule has 26 heavy (non-hydrogen) atoms. The van der Waals surface area contributed by atoms with Gasteiger partial charge in [0.2, 0.25) is 0 Å². The van der Waals surface area contributed by atoms with Gasteiger partial charge in [-0.3, -0.25) is 4.79 Å². The van der Waals surface area contributed by atoms with Crippen LogP contribution in [0.25, 0.3) is 11.3 Å². The summed E-state index contributed by atoms with van der Waals surface area (Å²) in [4.78, 5) is 14.8. The first kappa shape index (κ1) is 18.6. The van der Waals surface area contributed by atoms with Crippen molar-refractivity contribution in [2.75, 3.05) is 12.3 Å². The summed E-state index contributed by atoms with van der Waals surface area (Å²) in [5.74, 6) is 0.466. The third-order valence-electron chi connectivity index (χ3n) is 4.76. The van der Waals surface area contributed by atoms with Gasteiger partial charge in [0.25, 0.3) is 5.91 Å². The molecule has 1 atom stereocenters. The number of sulfone groups is 1. The molecule has 0 radical (unpaired) electrons. The Balaban J connectivity index is 1.78. The maximum absolute atomic E-state index is 12.6. The lowest BCUT2D eigenvalue weighted by Gasteiger charge is -2.32. The largest absolute Gasteiger partial charge is 0.355 e. The van der Waals surface area contributed by atoms with Crippen molar-refractivity contribution in [3.8, 4) is 11.3 Å². The molecule has 0 N–H and O–H groups in total. The minimum absolute atomic E-state index is 0.116. The Kier molecular flexibility index (Phi) is 5.46. The van der Waals surface area contributed by atoms with Crippen molar-refractivity contribution in [2.45, 2.75) is 50.5 Å². The smallest absolute Gasteiger partial charge is 0.276 e. The van der Waals surface area contributed by atoms with Crippen molar-refractivity contribution in [3.05, 3.63) is 36.0 Å². The molecule has 1 amide bonds. The van der Waals surface area contributed by atoms with Gasteiger partial charge in [-0.15, -0.1) is 0 Å². The molecule has 1 saturated heterocycles. The molecule has 2 heterocycles. The Bertz CT molecular complexity index is 871. The highest BCUT2D eigenvalue weighted by Gasteiger charge is 2.26. The van der Waals surface area contributed by atoms with Crippen molar-refractivity contribution in [2.24, 2.45) is 0 Å². The third-order valence-corrected chi connectivity index (χ3v) is 6.70. The molecule has 0 saturated carbocycles. The average molecular weight is 376 g/mol. The van der Waals surface area contributed by atoms with Gasteiger partial charge >= 0.3 is 0 Å². The second-order valence-corrected chi connectivity index (χ2v) is 8.87. The molecule has 0 spiro atoms. The molecule has 1 aromatic heterocycles. The van der Waals surface area contributed by atoms with E-state index >= 15 is 0 Å². The molecule has 2 aromatic rings. The molecule has 1 aliphatic rings. The predicted octanol–water partition coefficient (Wildman–Crippen LogP) is 3.54. The third kappa shape index (κ3) is 3.82. The molecule has 1 aliphatic heterocycles. The first-order chi connectivity index (χ1) is 12.4. The highest BCUT2D eigenvalue weighted by Crippen LogP contribution is 2.25. The van der Waals surface area contributed by atoms with Crippen LogP contribution < -0.4 is 0 Å². The van der Waals surface area contributed by atoms with Crippen LogP contribution >= 0.6 is 0 Å². The van der Waals surface area contributed by atoms with Gasteiger partial charge in [-0.05, 0) is 56.9 Å². The van der Waals surface area contributed by atoms with Gasteiger partial charge in [0.05, 0.1) is 10.6 Å². The van der Waals surface area contributed by atoms with E-state index in [4.69, 9.17) is 4.52 Å². The van der Waals surface area contributed by atoms with Crippen LogP contribution in [-0.4, -0.2) is 42.7 Å². The van der Waals surface area contributed by atoms with Gasteiger partial charge in [0.15, 0.2) is 21.3 Å². The van der Waals surface area contributed by atoms with E-state index in [0.717, 1.165) is 25.8 Å². The summed E-state index contributed by atoms with van der Waals surface area (Å²) in [7, 11) is -3.25. The van der Waals surface area contributed by atoms with E-state index in [1.165, 1.54) is 0 Å². The number of hydrogen-bond donors (Lipinski definition) is 0. The van der Waals surface area contributed by atoms with Crippen molar-refractivity contribution < 1.29 is 17.7 Å². The van der Waals surface area contributed by atoms with Crippen LogP contribution in [0.1, 0.15) is 50.0 Å². The van der Waals surface area contributed by atoms with E-state index in [2.05, 4.69) is 5.16 Å². The normalized spacial score (nSPS) is 18.1. The van der Waals surface area contributed by atoms with Gasteiger partial charge < -0.3 is 9.42 Å². The molecule has 3 rings (SSSR count). The fourth-order valence-electron chi connectivity index (χ4n) is 3.27. The first-order valence-corrected chi connectivity index (χ1v) is 10.7. The number of carbonyl (C=O) groups is 1. The molecular formula is C19H24N2O4S. The lowest BCUT2D eigenvalue weighted by molar-refractivity contribution is 0.0625. The van der Waals surface area contributed by atoms with Gasteiger partial charge in [-0.2, -0.15) is 0 Å². The van der Waals surface area contributed by atoms with Crippen LogP contribution in [0.15, 0.2) is 39.8 Å². The van der Waals surface area contributed by atoms with Crippen molar-refractivity contribution in [1.29, 1.82) is 0 Å². The monoisotopic (exact) mass is 376 g/mol. The van der Waals surface area contributed by atoms with Crippen LogP contribution in [0.3, 0.4) is 0 Å². The van der Waals surface area contributed by atoms with Crippen molar-refractivity contribution in [1.82, 2.24) is 10.1 Å². The van der Waals surface area contributed by atoms with E-state index in [9.17, 15) is 13.2 Å². The second-order valence-electron chi connectivity index (χ2n) is 6.76. The average Bonchev–Trinajstić information content (AvgIpc) is 3.12. The van der Waals surface area contributed by atoms with Crippen molar-refractivity contribution >= 4 is 15.7 Å². The molecular weight excluding hydrogens is 352 g/mol. The maximum atomic E-state index is 12.6. The minimum Gasteiger partial charge on any atom is -0.355 e. The highest BCUT2D eigenvalue weighted by molar-refractivity contribution is 7.91. The summed E-state index contributed by atoms with van der Waals surface area (Å²) in [5, 5.41) is 3.92. The van der Waals surface area contributed by atoms with Crippen LogP contribution in [-0.2, 0) is 9.84 Å². The number of hydrogen-bond acceptors (Lipinski definition) is 5. The van der Waals surface area contributed by atoms with E-state index < -0.39 is 9.84 Å². The van der Waals surface area contributed by atoms with E-state index in [1.54, 1.807) is 30.3 Å². The lowest BCUT2D eigenvalue weighted by Crippen LogP contribution is -2.42. The molecule has 0 aliphatic carbocycles. The van der Waals surface area contributed by atoms with Crippen LogP contribution in [0.2, 0.25) is 0 Å². The van der Waals surface area contributed by atoms with Gasteiger partial charge in [-0.1, -0.05) is 12.1 Å². The zero-order chi connectivity index (χ0) is 18.7. The van der Waals surface area contributed by atoms with E-state index in [0.29, 0.717) is 22.6 Å². The topological polar surface area (TPSA) is 80.5 Å². The van der Waals surface area contributed by atoms with Crippen LogP contribution in [0.5, 0.6) is 0 Å². The second kappa shape index (κ2) is 7.61. The molecule has 7 heteroatoms. The highest BCUT2D eigenvalue weighted by atomic mass is 32.2. The molecule has 6 nitrogen and oxygen atoms in total. The lowest BCUT2D eigenvalue weighted by atomic mass is 10.0. The number of piperidine rings is 1. The quantitative estimate of drug-likeness (QED) is 0.797. The number of amides is 1.